The van der Waals surface area contributed by atoms with E-state index in [1.54, 1.807) is 0 Å². The lowest BCUT2D eigenvalue weighted by atomic mass is 9.92. The molecule has 1 aromatic carbocycles. The average molecular weight is 273 g/mol. The van der Waals surface area contributed by atoms with Crippen molar-refractivity contribution in [2.45, 2.75) is 70.4 Å². The molecule has 1 N–H and O–H groups in total. The molecule has 0 heterocycles. The first-order valence-corrected chi connectivity index (χ1v) is 8.37. The molecule has 0 saturated heterocycles. The van der Waals surface area contributed by atoms with Crippen molar-refractivity contribution in [3.05, 3.63) is 29.3 Å². The number of aryl methyl sites for hydroxylation is 2. The summed E-state index contributed by atoms with van der Waals surface area (Å²) in [6.07, 6.45) is 10.4. The molecule has 20 heavy (non-hydrogen) atoms. The molecule has 1 saturated carbocycles. The molecule has 2 atom stereocenters. The average Bonchev–Trinajstić information content (AvgIpc) is 2.92. The van der Waals surface area contributed by atoms with E-state index in [0.29, 0.717) is 12.1 Å². The summed E-state index contributed by atoms with van der Waals surface area (Å²) in [6.45, 7) is 3.36. The summed E-state index contributed by atoms with van der Waals surface area (Å²) >= 11 is 0. The third-order valence-corrected chi connectivity index (χ3v) is 4.69. The predicted octanol–water partition coefficient (Wildman–Crippen LogP) is 3.86. The summed E-state index contributed by atoms with van der Waals surface area (Å²) in [5, 5.41) is 3.62. The van der Waals surface area contributed by atoms with E-state index in [1.165, 1.54) is 56.1 Å². The summed E-state index contributed by atoms with van der Waals surface area (Å²) < 4.78 is 6.21. The molecule has 0 aliphatic heterocycles. The normalized spacial score (nSPS) is 25.4. The van der Waals surface area contributed by atoms with Gasteiger partial charge in [0.2, 0.25) is 0 Å². The molecule has 3 rings (SSSR count). The molecule has 2 unspecified atom stereocenters. The maximum atomic E-state index is 6.21. The summed E-state index contributed by atoms with van der Waals surface area (Å²) in [6, 6.07) is 7.42. The Labute approximate surface area is 122 Å². The maximum absolute atomic E-state index is 6.21. The van der Waals surface area contributed by atoms with E-state index in [4.69, 9.17) is 4.74 Å². The molecule has 2 heteroatoms. The van der Waals surface area contributed by atoms with Gasteiger partial charge in [0.15, 0.2) is 0 Å². The van der Waals surface area contributed by atoms with Crippen LogP contribution in [0.1, 0.15) is 56.6 Å². The molecule has 0 radical (unpaired) electrons. The van der Waals surface area contributed by atoms with Crippen LogP contribution < -0.4 is 10.1 Å². The first kappa shape index (κ1) is 13.9. The van der Waals surface area contributed by atoms with E-state index < -0.39 is 0 Å². The largest absolute Gasteiger partial charge is 0.490 e. The van der Waals surface area contributed by atoms with Gasteiger partial charge in [-0.1, -0.05) is 13.0 Å². The Kier molecular flexibility index (Phi) is 4.62. The second-order valence-electron chi connectivity index (χ2n) is 6.34. The topological polar surface area (TPSA) is 21.3 Å². The fourth-order valence-corrected chi connectivity index (χ4v) is 3.56. The molecular formula is C18H27NO. The summed E-state index contributed by atoms with van der Waals surface area (Å²) in [4.78, 5) is 0. The maximum Gasteiger partial charge on any atom is 0.120 e. The summed E-state index contributed by atoms with van der Waals surface area (Å²) in [5.41, 5.74) is 3.06. The van der Waals surface area contributed by atoms with Crippen LogP contribution in [0.25, 0.3) is 0 Å². The van der Waals surface area contributed by atoms with Crippen molar-refractivity contribution in [3.63, 3.8) is 0 Å². The highest BCUT2D eigenvalue weighted by atomic mass is 16.5. The second kappa shape index (κ2) is 6.62. The molecule has 0 aromatic heterocycles. The summed E-state index contributed by atoms with van der Waals surface area (Å²) in [5.74, 6) is 1.09. The molecule has 0 amide bonds. The SMILES string of the molecule is CCCNC1CCC(Oc2ccc3c(c2)CCCC3)C1. The Morgan fingerprint density at radius 1 is 1.15 bits per heavy atom. The van der Waals surface area contributed by atoms with Gasteiger partial charge in [0.25, 0.3) is 0 Å². The zero-order chi connectivity index (χ0) is 13.8. The van der Waals surface area contributed by atoms with Gasteiger partial charge in [-0.2, -0.15) is 0 Å². The lowest BCUT2D eigenvalue weighted by Gasteiger charge is -2.19. The van der Waals surface area contributed by atoms with Crippen LogP contribution >= 0.6 is 0 Å². The second-order valence-corrected chi connectivity index (χ2v) is 6.34. The molecule has 2 nitrogen and oxygen atoms in total. The number of hydrogen-bond donors (Lipinski definition) is 1. The highest BCUT2D eigenvalue weighted by Crippen LogP contribution is 2.29. The van der Waals surface area contributed by atoms with Crippen LogP contribution in [0.3, 0.4) is 0 Å². The van der Waals surface area contributed by atoms with Crippen LogP contribution in [0.15, 0.2) is 18.2 Å². The molecule has 1 fully saturated rings. The monoisotopic (exact) mass is 273 g/mol. The molecule has 2 aliphatic rings. The minimum atomic E-state index is 0.408. The van der Waals surface area contributed by atoms with E-state index in [0.717, 1.165) is 18.7 Å². The molecule has 0 spiro atoms. The lowest BCUT2D eigenvalue weighted by molar-refractivity contribution is 0.206. The van der Waals surface area contributed by atoms with Crippen LogP contribution in [0.5, 0.6) is 5.75 Å². The number of nitrogens with one attached hydrogen (secondary N) is 1. The van der Waals surface area contributed by atoms with Crippen LogP contribution in [0.2, 0.25) is 0 Å². The number of rotatable bonds is 5. The van der Waals surface area contributed by atoms with Crippen molar-refractivity contribution in [2.24, 2.45) is 0 Å². The van der Waals surface area contributed by atoms with Crippen molar-refractivity contribution < 1.29 is 4.74 Å². The summed E-state index contributed by atoms with van der Waals surface area (Å²) in [7, 11) is 0. The highest BCUT2D eigenvalue weighted by Gasteiger charge is 2.25. The Morgan fingerprint density at radius 3 is 2.85 bits per heavy atom. The third-order valence-electron chi connectivity index (χ3n) is 4.69. The van der Waals surface area contributed by atoms with E-state index in [9.17, 15) is 0 Å². The third kappa shape index (κ3) is 3.35. The van der Waals surface area contributed by atoms with Gasteiger partial charge in [-0.15, -0.1) is 0 Å². The van der Waals surface area contributed by atoms with Gasteiger partial charge < -0.3 is 10.1 Å². The lowest BCUT2D eigenvalue weighted by Crippen LogP contribution is -2.28. The van der Waals surface area contributed by atoms with Crippen LogP contribution in [-0.4, -0.2) is 18.7 Å². The smallest absolute Gasteiger partial charge is 0.120 e. The fourth-order valence-electron chi connectivity index (χ4n) is 3.56. The van der Waals surface area contributed by atoms with Crippen molar-refractivity contribution in [2.75, 3.05) is 6.54 Å². The Hall–Kier alpha value is -1.02. The van der Waals surface area contributed by atoms with Gasteiger partial charge in [0, 0.05) is 6.04 Å². The van der Waals surface area contributed by atoms with Crippen molar-refractivity contribution >= 4 is 0 Å². The highest BCUT2D eigenvalue weighted by molar-refractivity contribution is 5.37. The number of fused-ring (bicyclic) bond motifs is 1. The zero-order valence-corrected chi connectivity index (χ0v) is 12.7. The minimum absolute atomic E-state index is 0.408. The molecular weight excluding hydrogens is 246 g/mol. The van der Waals surface area contributed by atoms with E-state index in [1.807, 2.05) is 0 Å². The van der Waals surface area contributed by atoms with Crippen LogP contribution in [0.4, 0.5) is 0 Å². The Balaban J connectivity index is 1.56. The quantitative estimate of drug-likeness (QED) is 0.879. The van der Waals surface area contributed by atoms with Gasteiger partial charge in [-0.05, 0) is 81.2 Å². The molecule has 0 bridgehead atoms. The van der Waals surface area contributed by atoms with Crippen molar-refractivity contribution in [3.8, 4) is 5.75 Å². The van der Waals surface area contributed by atoms with Gasteiger partial charge in [0.1, 0.15) is 11.9 Å². The van der Waals surface area contributed by atoms with Gasteiger partial charge >= 0.3 is 0 Å². The van der Waals surface area contributed by atoms with Crippen LogP contribution in [0, 0.1) is 0 Å². The first-order valence-electron chi connectivity index (χ1n) is 8.37. The number of ether oxygens (including phenoxy) is 1. The minimum Gasteiger partial charge on any atom is -0.490 e. The van der Waals surface area contributed by atoms with Gasteiger partial charge in [0.05, 0.1) is 0 Å². The van der Waals surface area contributed by atoms with Crippen molar-refractivity contribution in [1.82, 2.24) is 5.32 Å². The van der Waals surface area contributed by atoms with E-state index in [2.05, 4.69) is 30.4 Å². The predicted molar refractivity (Wildman–Crippen MR) is 83.4 cm³/mol. The first-order chi connectivity index (χ1) is 9.85. The Morgan fingerprint density at radius 2 is 2.00 bits per heavy atom. The van der Waals surface area contributed by atoms with Crippen LogP contribution in [-0.2, 0) is 12.8 Å². The number of hydrogen-bond acceptors (Lipinski definition) is 2. The zero-order valence-electron chi connectivity index (χ0n) is 12.7. The molecule has 110 valence electrons. The van der Waals surface area contributed by atoms with Gasteiger partial charge in [-0.3, -0.25) is 0 Å². The molecule has 1 aromatic rings. The number of benzene rings is 1. The van der Waals surface area contributed by atoms with E-state index >= 15 is 0 Å². The van der Waals surface area contributed by atoms with E-state index in [-0.39, 0.29) is 0 Å². The fraction of sp³-hybridized carbons (Fsp3) is 0.667. The van der Waals surface area contributed by atoms with Gasteiger partial charge in [-0.25, -0.2) is 0 Å². The Bertz CT molecular complexity index is 443. The molecule has 2 aliphatic carbocycles. The van der Waals surface area contributed by atoms with Crippen molar-refractivity contribution in [1.29, 1.82) is 0 Å². The standard InChI is InChI=1S/C18H27NO/c1-2-11-19-16-8-10-18(13-16)20-17-9-7-14-5-3-4-6-15(14)12-17/h7,9,12,16,18-19H,2-6,8,10-11,13H2,1H3.